The Labute approximate surface area is 102 Å². The summed E-state index contributed by atoms with van der Waals surface area (Å²) in [5, 5.41) is 0. The number of hydroxylamine groups is 1. The van der Waals surface area contributed by atoms with E-state index >= 15 is 0 Å². The first-order valence-electron chi connectivity index (χ1n) is 5.72. The molecule has 1 aliphatic heterocycles. The molecule has 0 bridgehead atoms. The molecule has 1 saturated heterocycles. The topological polar surface area (TPSA) is 33.7 Å². The van der Waals surface area contributed by atoms with Gasteiger partial charge in [-0.3, -0.25) is 10.3 Å². The van der Waals surface area contributed by atoms with Crippen LogP contribution in [-0.2, 0) is 9.57 Å². The number of ether oxygens (including phenoxy) is 1. The van der Waals surface area contributed by atoms with E-state index in [-0.39, 0.29) is 0 Å². The van der Waals surface area contributed by atoms with E-state index in [1.54, 1.807) is 7.11 Å². The van der Waals surface area contributed by atoms with Crippen molar-refractivity contribution in [1.82, 2.24) is 5.48 Å². The standard InChI is InChI=1S/C13H18N2O2/c1-11(14-16-2)12-3-5-13(6-4-12)15-7-9-17-10-8-15/h3-6,14H,1,7-10H2,2H3. The van der Waals surface area contributed by atoms with Crippen molar-refractivity contribution in [3.63, 3.8) is 0 Å². The second-order valence-corrected chi connectivity index (χ2v) is 3.93. The molecule has 0 unspecified atom stereocenters. The lowest BCUT2D eigenvalue weighted by atomic mass is 10.1. The highest BCUT2D eigenvalue weighted by molar-refractivity contribution is 5.63. The first kappa shape index (κ1) is 12.0. The Kier molecular flexibility index (Phi) is 4.01. The minimum absolute atomic E-state index is 0.765. The van der Waals surface area contributed by atoms with Gasteiger partial charge in [0.15, 0.2) is 0 Å². The molecular formula is C13H18N2O2. The Morgan fingerprint density at radius 1 is 1.29 bits per heavy atom. The number of hydrogen-bond donors (Lipinski definition) is 1. The second-order valence-electron chi connectivity index (χ2n) is 3.93. The summed E-state index contributed by atoms with van der Waals surface area (Å²) in [5.74, 6) is 0. The van der Waals surface area contributed by atoms with E-state index < -0.39 is 0 Å². The number of hydrogen-bond acceptors (Lipinski definition) is 4. The van der Waals surface area contributed by atoms with Gasteiger partial charge < -0.3 is 9.64 Å². The summed E-state index contributed by atoms with van der Waals surface area (Å²) in [7, 11) is 1.58. The van der Waals surface area contributed by atoms with E-state index in [1.807, 2.05) is 12.1 Å². The van der Waals surface area contributed by atoms with Gasteiger partial charge in [-0.2, -0.15) is 0 Å². The zero-order chi connectivity index (χ0) is 12.1. The maximum Gasteiger partial charge on any atom is 0.0642 e. The fraction of sp³-hybridized carbons (Fsp3) is 0.385. The molecule has 2 rings (SSSR count). The van der Waals surface area contributed by atoms with E-state index in [0.29, 0.717) is 0 Å². The summed E-state index contributed by atoms with van der Waals surface area (Å²) in [6.45, 7) is 7.41. The Hall–Kier alpha value is -1.52. The number of nitrogens with one attached hydrogen (secondary N) is 1. The molecule has 1 aliphatic rings. The van der Waals surface area contributed by atoms with Gasteiger partial charge in [-0.1, -0.05) is 18.7 Å². The highest BCUT2D eigenvalue weighted by Gasteiger charge is 2.10. The number of rotatable bonds is 4. The molecule has 1 aromatic carbocycles. The minimum atomic E-state index is 0.765. The van der Waals surface area contributed by atoms with E-state index in [9.17, 15) is 0 Å². The Balaban J connectivity index is 2.04. The molecule has 0 saturated carbocycles. The normalized spacial score (nSPS) is 15.7. The summed E-state index contributed by atoms with van der Waals surface area (Å²) >= 11 is 0. The van der Waals surface area contributed by atoms with Crippen LogP contribution >= 0.6 is 0 Å². The zero-order valence-electron chi connectivity index (χ0n) is 10.1. The molecule has 0 spiro atoms. The maximum absolute atomic E-state index is 5.33. The van der Waals surface area contributed by atoms with Crippen molar-refractivity contribution in [2.24, 2.45) is 0 Å². The second kappa shape index (κ2) is 5.70. The van der Waals surface area contributed by atoms with Crippen molar-refractivity contribution < 1.29 is 9.57 Å². The van der Waals surface area contributed by atoms with Crippen molar-refractivity contribution in [2.45, 2.75) is 0 Å². The predicted octanol–water partition coefficient (Wildman–Crippen LogP) is 1.64. The van der Waals surface area contributed by atoms with Crippen molar-refractivity contribution in [3.05, 3.63) is 36.4 Å². The predicted molar refractivity (Wildman–Crippen MR) is 68.7 cm³/mol. The van der Waals surface area contributed by atoms with Crippen molar-refractivity contribution in [1.29, 1.82) is 0 Å². The monoisotopic (exact) mass is 234 g/mol. The zero-order valence-corrected chi connectivity index (χ0v) is 10.1. The lowest BCUT2D eigenvalue weighted by Crippen LogP contribution is -2.36. The fourth-order valence-electron chi connectivity index (χ4n) is 1.88. The lowest BCUT2D eigenvalue weighted by molar-refractivity contribution is 0.122. The largest absolute Gasteiger partial charge is 0.378 e. The van der Waals surface area contributed by atoms with Gasteiger partial charge in [-0.15, -0.1) is 0 Å². The maximum atomic E-state index is 5.33. The third-order valence-electron chi connectivity index (χ3n) is 2.82. The summed E-state index contributed by atoms with van der Waals surface area (Å²) in [4.78, 5) is 7.15. The average Bonchev–Trinajstić information content (AvgIpc) is 2.40. The van der Waals surface area contributed by atoms with E-state index in [4.69, 9.17) is 9.57 Å². The molecule has 0 radical (unpaired) electrons. The Bertz CT molecular complexity index is 370. The van der Waals surface area contributed by atoms with Crippen LogP contribution in [0.25, 0.3) is 5.70 Å². The highest BCUT2D eigenvalue weighted by atomic mass is 16.6. The molecule has 1 aromatic rings. The van der Waals surface area contributed by atoms with Crippen molar-refractivity contribution in [2.75, 3.05) is 38.3 Å². The molecule has 0 amide bonds. The van der Waals surface area contributed by atoms with Crippen molar-refractivity contribution >= 4 is 11.4 Å². The summed E-state index contributed by atoms with van der Waals surface area (Å²) < 4.78 is 5.33. The first-order valence-corrected chi connectivity index (χ1v) is 5.72. The van der Waals surface area contributed by atoms with Crippen LogP contribution < -0.4 is 10.4 Å². The minimum Gasteiger partial charge on any atom is -0.378 e. The molecule has 1 fully saturated rings. The first-order chi connectivity index (χ1) is 8.31. The smallest absolute Gasteiger partial charge is 0.0642 e. The summed E-state index contributed by atoms with van der Waals surface area (Å²) in [5.41, 5.74) is 5.75. The molecule has 4 nitrogen and oxygen atoms in total. The molecule has 92 valence electrons. The molecule has 0 aliphatic carbocycles. The molecule has 0 aromatic heterocycles. The summed E-state index contributed by atoms with van der Waals surface area (Å²) in [6.07, 6.45) is 0. The number of morpholine rings is 1. The fourth-order valence-corrected chi connectivity index (χ4v) is 1.88. The van der Waals surface area contributed by atoms with Crippen LogP contribution in [0.3, 0.4) is 0 Å². The van der Waals surface area contributed by atoms with Gasteiger partial charge in [0.2, 0.25) is 0 Å². The van der Waals surface area contributed by atoms with Crippen LogP contribution in [0, 0.1) is 0 Å². The number of benzene rings is 1. The van der Waals surface area contributed by atoms with Gasteiger partial charge >= 0.3 is 0 Å². The van der Waals surface area contributed by atoms with Crippen LogP contribution in [0.5, 0.6) is 0 Å². The number of nitrogens with zero attached hydrogens (tertiary/aromatic N) is 1. The van der Waals surface area contributed by atoms with Crippen LogP contribution in [0.15, 0.2) is 30.8 Å². The quantitative estimate of drug-likeness (QED) is 0.803. The van der Waals surface area contributed by atoms with Gasteiger partial charge in [-0.05, 0) is 17.7 Å². The van der Waals surface area contributed by atoms with Crippen LogP contribution in [0.1, 0.15) is 5.56 Å². The third kappa shape index (κ3) is 2.99. The SMILES string of the molecule is C=C(NOC)c1ccc(N2CCOCC2)cc1. The van der Waals surface area contributed by atoms with E-state index in [2.05, 4.69) is 29.1 Å². The Morgan fingerprint density at radius 3 is 2.53 bits per heavy atom. The van der Waals surface area contributed by atoms with E-state index in [1.165, 1.54) is 5.69 Å². The van der Waals surface area contributed by atoms with Crippen LogP contribution in [0.4, 0.5) is 5.69 Å². The molecule has 0 atom stereocenters. The molecular weight excluding hydrogens is 216 g/mol. The van der Waals surface area contributed by atoms with E-state index in [0.717, 1.165) is 37.6 Å². The van der Waals surface area contributed by atoms with Gasteiger partial charge in [0.1, 0.15) is 0 Å². The van der Waals surface area contributed by atoms with Gasteiger partial charge in [0.05, 0.1) is 26.0 Å². The number of anilines is 1. The Morgan fingerprint density at radius 2 is 1.94 bits per heavy atom. The third-order valence-corrected chi connectivity index (χ3v) is 2.82. The average molecular weight is 234 g/mol. The van der Waals surface area contributed by atoms with Crippen LogP contribution in [0.2, 0.25) is 0 Å². The molecule has 1 heterocycles. The molecule has 4 heteroatoms. The molecule has 17 heavy (non-hydrogen) atoms. The van der Waals surface area contributed by atoms with Gasteiger partial charge in [0, 0.05) is 18.8 Å². The molecule has 1 N–H and O–H groups in total. The summed E-state index contributed by atoms with van der Waals surface area (Å²) in [6, 6.07) is 8.28. The lowest BCUT2D eigenvalue weighted by Gasteiger charge is -2.29. The van der Waals surface area contributed by atoms with Crippen molar-refractivity contribution in [3.8, 4) is 0 Å². The van der Waals surface area contributed by atoms with Gasteiger partial charge in [-0.25, -0.2) is 0 Å². The van der Waals surface area contributed by atoms with Crippen LogP contribution in [-0.4, -0.2) is 33.4 Å². The van der Waals surface area contributed by atoms with Gasteiger partial charge in [0.25, 0.3) is 0 Å². The highest BCUT2D eigenvalue weighted by Crippen LogP contribution is 2.19.